The molecule has 3 fully saturated rings. The molecule has 1 N–H and O–H groups in total. The molecule has 0 aromatic rings. The second-order valence-electron chi connectivity index (χ2n) is 7.72. The molecule has 2 saturated heterocycles. The van der Waals surface area contributed by atoms with Crippen molar-refractivity contribution >= 4 is 5.91 Å². The summed E-state index contributed by atoms with van der Waals surface area (Å²) in [5.74, 6) is 0.398. The molecule has 4 heteroatoms. The average molecular weight is 293 g/mol. The normalized spacial score (nSPS) is 34.1. The van der Waals surface area contributed by atoms with E-state index < -0.39 is 0 Å². The number of nitrogens with zero attached hydrogens (tertiary/aromatic N) is 2. The minimum atomic E-state index is 0.158. The van der Waals surface area contributed by atoms with Gasteiger partial charge in [-0.1, -0.05) is 26.7 Å². The van der Waals surface area contributed by atoms with E-state index >= 15 is 0 Å². The van der Waals surface area contributed by atoms with Crippen LogP contribution in [0, 0.1) is 5.41 Å². The molecule has 0 spiro atoms. The van der Waals surface area contributed by atoms with Gasteiger partial charge in [-0.05, 0) is 37.6 Å². The summed E-state index contributed by atoms with van der Waals surface area (Å²) in [6, 6.07) is 0.760. The predicted octanol–water partition coefficient (Wildman–Crippen LogP) is 1.85. The van der Waals surface area contributed by atoms with Crippen LogP contribution in [0.5, 0.6) is 0 Å². The van der Waals surface area contributed by atoms with Crippen LogP contribution in [0.25, 0.3) is 0 Å². The number of rotatable bonds is 2. The monoisotopic (exact) mass is 293 g/mol. The maximum atomic E-state index is 12.9. The molecule has 0 aromatic heterocycles. The predicted molar refractivity (Wildman–Crippen MR) is 85.2 cm³/mol. The van der Waals surface area contributed by atoms with Gasteiger partial charge >= 0.3 is 0 Å². The summed E-state index contributed by atoms with van der Waals surface area (Å²) in [7, 11) is 0. The molecule has 1 saturated carbocycles. The number of piperazine rings is 1. The summed E-state index contributed by atoms with van der Waals surface area (Å²) in [5, 5.41) is 3.34. The third-order valence-corrected chi connectivity index (χ3v) is 5.86. The lowest BCUT2D eigenvalue weighted by Crippen LogP contribution is -2.56. The standard InChI is InChI=1S/C17H31N3O/c1-17(2)8-4-3-7-15(17)20-11-5-6-14(20)16(21)19-12-9-18-10-13-19/h14-15,18H,3-13H2,1-2H3. The van der Waals surface area contributed by atoms with Crippen molar-refractivity contribution in [2.24, 2.45) is 5.41 Å². The largest absolute Gasteiger partial charge is 0.339 e. The number of hydrogen-bond donors (Lipinski definition) is 1. The van der Waals surface area contributed by atoms with E-state index in [4.69, 9.17) is 0 Å². The summed E-state index contributed by atoms with van der Waals surface area (Å²) in [4.78, 5) is 17.6. The molecular formula is C17H31N3O. The number of amides is 1. The van der Waals surface area contributed by atoms with Crippen molar-refractivity contribution in [3.05, 3.63) is 0 Å². The minimum absolute atomic E-state index is 0.158. The smallest absolute Gasteiger partial charge is 0.240 e. The van der Waals surface area contributed by atoms with Crippen LogP contribution in [-0.2, 0) is 4.79 Å². The zero-order chi connectivity index (χ0) is 14.9. The van der Waals surface area contributed by atoms with E-state index in [1.165, 1.54) is 32.1 Å². The zero-order valence-corrected chi connectivity index (χ0v) is 13.7. The van der Waals surface area contributed by atoms with E-state index in [9.17, 15) is 4.79 Å². The molecule has 120 valence electrons. The number of nitrogens with one attached hydrogen (secondary N) is 1. The van der Waals surface area contributed by atoms with Gasteiger partial charge in [0.2, 0.25) is 5.91 Å². The molecule has 0 bridgehead atoms. The van der Waals surface area contributed by atoms with Crippen molar-refractivity contribution < 1.29 is 4.79 Å². The highest BCUT2D eigenvalue weighted by Crippen LogP contribution is 2.41. The zero-order valence-electron chi connectivity index (χ0n) is 13.7. The van der Waals surface area contributed by atoms with Crippen LogP contribution >= 0.6 is 0 Å². The lowest BCUT2D eigenvalue weighted by molar-refractivity contribution is -0.138. The molecule has 2 aliphatic heterocycles. The SMILES string of the molecule is CC1(C)CCCCC1N1CCCC1C(=O)N1CCNCC1. The van der Waals surface area contributed by atoms with Gasteiger partial charge in [-0.15, -0.1) is 0 Å². The van der Waals surface area contributed by atoms with Crippen molar-refractivity contribution in [2.75, 3.05) is 32.7 Å². The highest BCUT2D eigenvalue weighted by atomic mass is 16.2. The Balaban J connectivity index is 1.71. The number of carbonyl (C=O) groups is 1. The second kappa shape index (κ2) is 6.25. The first kappa shape index (κ1) is 15.3. The Morgan fingerprint density at radius 3 is 2.52 bits per heavy atom. The Hall–Kier alpha value is -0.610. The summed E-state index contributed by atoms with van der Waals surface area (Å²) in [5.41, 5.74) is 0.366. The van der Waals surface area contributed by atoms with Gasteiger partial charge in [-0.2, -0.15) is 0 Å². The van der Waals surface area contributed by atoms with E-state index in [0.717, 1.165) is 39.1 Å². The fraction of sp³-hybridized carbons (Fsp3) is 0.941. The maximum Gasteiger partial charge on any atom is 0.240 e. The van der Waals surface area contributed by atoms with E-state index in [1.54, 1.807) is 0 Å². The third kappa shape index (κ3) is 3.11. The first-order valence-corrected chi connectivity index (χ1v) is 8.85. The number of hydrogen-bond acceptors (Lipinski definition) is 3. The molecule has 21 heavy (non-hydrogen) atoms. The van der Waals surface area contributed by atoms with Crippen molar-refractivity contribution in [1.82, 2.24) is 15.1 Å². The summed E-state index contributed by atoms with van der Waals surface area (Å²) >= 11 is 0. The van der Waals surface area contributed by atoms with E-state index in [1.807, 2.05) is 0 Å². The summed E-state index contributed by atoms with van der Waals surface area (Å²) < 4.78 is 0. The van der Waals surface area contributed by atoms with Crippen molar-refractivity contribution in [3.63, 3.8) is 0 Å². The third-order valence-electron chi connectivity index (χ3n) is 5.86. The Morgan fingerprint density at radius 1 is 1.05 bits per heavy atom. The summed E-state index contributed by atoms with van der Waals surface area (Å²) in [6.07, 6.45) is 7.53. The molecule has 2 atom stereocenters. The van der Waals surface area contributed by atoms with Crippen LogP contribution in [0.4, 0.5) is 0 Å². The molecule has 1 aliphatic carbocycles. The lowest BCUT2D eigenvalue weighted by Gasteiger charge is -2.46. The molecule has 3 rings (SSSR count). The van der Waals surface area contributed by atoms with Crippen LogP contribution < -0.4 is 5.32 Å². The maximum absolute atomic E-state index is 12.9. The van der Waals surface area contributed by atoms with Crippen LogP contribution in [0.3, 0.4) is 0 Å². The summed E-state index contributed by atoms with van der Waals surface area (Å²) in [6.45, 7) is 9.61. The fourth-order valence-corrected chi connectivity index (χ4v) is 4.61. The molecule has 0 aromatic carbocycles. The van der Waals surface area contributed by atoms with Crippen LogP contribution in [-0.4, -0.2) is 60.5 Å². The Kier molecular flexibility index (Phi) is 4.55. The topological polar surface area (TPSA) is 35.6 Å². The van der Waals surface area contributed by atoms with Crippen LogP contribution in [0.15, 0.2) is 0 Å². The molecule has 4 nitrogen and oxygen atoms in total. The van der Waals surface area contributed by atoms with E-state index in [-0.39, 0.29) is 6.04 Å². The van der Waals surface area contributed by atoms with Crippen LogP contribution in [0.2, 0.25) is 0 Å². The van der Waals surface area contributed by atoms with Crippen molar-refractivity contribution in [1.29, 1.82) is 0 Å². The molecule has 1 amide bonds. The molecule has 2 heterocycles. The second-order valence-corrected chi connectivity index (χ2v) is 7.72. The molecule has 3 aliphatic rings. The Labute approximate surface area is 129 Å². The van der Waals surface area contributed by atoms with Crippen LogP contribution in [0.1, 0.15) is 52.4 Å². The molecule has 2 unspecified atom stereocenters. The van der Waals surface area contributed by atoms with Gasteiger partial charge < -0.3 is 10.2 Å². The Bertz CT molecular complexity index is 376. The van der Waals surface area contributed by atoms with Gasteiger partial charge in [0.1, 0.15) is 0 Å². The first-order chi connectivity index (χ1) is 10.1. The Morgan fingerprint density at radius 2 is 1.81 bits per heavy atom. The van der Waals surface area contributed by atoms with Gasteiger partial charge in [-0.3, -0.25) is 9.69 Å². The first-order valence-electron chi connectivity index (χ1n) is 8.85. The lowest BCUT2D eigenvalue weighted by atomic mass is 9.72. The highest BCUT2D eigenvalue weighted by Gasteiger charge is 2.43. The fourth-order valence-electron chi connectivity index (χ4n) is 4.61. The van der Waals surface area contributed by atoms with Gasteiger partial charge in [0, 0.05) is 32.2 Å². The van der Waals surface area contributed by atoms with Gasteiger partial charge in [0.25, 0.3) is 0 Å². The quantitative estimate of drug-likeness (QED) is 0.844. The van der Waals surface area contributed by atoms with Crippen molar-refractivity contribution in [2.45, 2.75) is 64.5 Å². The molecule has 0 radical (unpaired) electrons. The molecular weight excluding hydrogens is 262 g/mol. The number of carbonyl (C=O) groups excluding carboxylic acids is 1. The average Bonchev–Trinajstić information content (AvgIpc) is 2.96. The van der Waals surface area contributed by atoms with E-state index in [0.29, 0.717) is 17.4 Å². The van der Waals surface area contributed by atoms with Gasteiger partial charge in [-0.25, -0.2) is 0 Å². The van der Waals surface area contributed by atoms with Crippen molar-refractivity contribution in [3.8, 4) is 0 Å². The van der Waals surface area contributed by atoms with Gasteiger partial charge in [0.15, 0.2) is 0 Å². The number of likely N-dealkylation sites (tertiary alicyclic amines) is 1. The minimum Gasteiger partial charge on any atom is -0.339 e. The van der Waals surface area contributed by atoms with Gasteiger partial charge in [0.05, 0.1) is 6.04 Å². The highest BCUT2D eigenvalue weighted by molar-refractivity contribution is 5.82. The van der Waals surface area contributed by atoms with E-state index in [2.05, 4.69) is 29.0 Å².